The second-order valence-corrected chi connectivity index (χ2v) is 11.4. The number of hydrogen-bond donors (Lipinski definition) is 1. The van der Waals surface area contributed by atoms with E-state index in [1.165, 1.54) is 32.1 Å². The van der Waals surface area contributed by atoms with Crippen molar-refractivity contribution in [2.24, 2.45) is 34.5 Å². The number of nitrogens with one attached hydrogen (secondary N) is 1. The Kier molecular flexibility index (Phi) is 4.48. The van der Waals surface area contributed by atoms with Crippen LogP contribution in [0.25, 0.3) is 10.9 Å². The Hall–Kier alpha value is -2.36. The Morgan fingerprint density at radius 1 is 1.06 bits per heavy atom. The molecule has 0 bridgehead atoms. The standard InChI is InChI=1S/C28H34N2O2/c1-17-15-23-28(3,20-12-14-27(2)13-6-8-19(27)25(17)20)16-22(26(31)30-23)32-24-11-10-18-7-4-5-9-21(18)29-24/h4-5,7,9-11,16-17,19-20,23,25H,6,8,12-15H2,1-3H3,(H,30,31)/t17-,19-,20-,23+,25-,27-,28+/m0/s1. The maximum atomic E-state index is 13.0. The third-order valence-electron chi connectivity index (χ3n) is 9.69. The first kappa shape index (κ1) is 20.3. The average Bonchev–Trinajstić information content (AvgIpc) is 3.17. The van der Waals surface area contributed by atoms with Crippen LogP contribution in [0.1, 0.15) is 59.3 Å². The predicted octanol–water partition coefficient (Wildman–Crippen LogP) is 5.87. The fourth-order valence-electron chi connectivity index (χ4n) is 8.04. The zero-order valence-corrected chi connectivity index (χ0v) is 19.4. The molecule has 6 rings (SSSR count). The quantitative estimate of drug-likeness (QED) is 0.648. The molecule has 7 atom stereocenters. The number of benzene rings is 1. The number of carbonyl (C=O) groups excluding carboxylic acids is 1. The van der Waals surface area contributed by atoms with Crippen LogP contribution in [0.4, 0.5) is 0 Å². The van der Waals surface area contributed by atoms with Gasteiger partial charge in [-0.3, -0.25) is 4.79 Å². The molecule has 1 amide bonds. The molecule has 4 nitrogen and oxygen atoms in total. The number of fused-ring (bicyclic) bond motifs is 6. The Bertz CT molecular complexity index is 1110. The van der Waals surface area contributed by atoms with Crippen molar-refractivity contribution in [1.29, 1.82) is 0 Å². The monoisotopic (exact) mass is 430 g/mol. The van der Waals surface area contributed by atoms with E-state index in [4.69, 9.17) is 4.74 Å². The highest BCUT2D eigenvalue weighted by atomic mass is 16.5. The molecule has 168 valence electrons. The summed E-state index contributed by atoms with van der Waals surface area (Å²) in [4.78, 5) is 17.7. The number of carbonyl (C=O) groups is 1. The van der Waals surface area contributed by atoms with Gasteiger partial charge in [0.2, 0.25) is 5.88 Å². The van der Waals surface area contributed by atoms with Crippen LogP contribution >= 0.6 is 0 Å². The van der Waals surface area contributed by atoms with E-state index >= 15 is 0 Å². The Morgan fingerprint density at radius 3 is 2.78 bits per heavy atom. The first-order chi connectivity index (χ1) is 15.4. The fraction of sp³-hybridized carbons (Fsp3) is 0.571. The summed E-state index contributed by atoms with van der Waals surface area (Å²) in [6.07, 6.45) is 9.96. The summed E-state index contributed by atoms with van der Waals surface area (Å²) in [5.74, 6) is 3.61. The summed E-state index contributed by atoms with van der Waals surface area (Å²) in [6, 6.07) is 12.0. The van der Waals surface area contributed by atoms with Crippen LogP contribution < -0.4 is 10.1 Å². The molecule has 1 aromatic heterocycles. The maximum Gasteiger partial charge on any atom is 0.287 e. The molecule has 4 aliphatic rings. The molecular weight excluding hydrogens is 396 g/mol. The summed E-state index contributed by atoms with van der Waals surface area (Å²) in [7, 11) is 0. The van der Waals surface area contributed by atoms with E-state index in [9.17, 15) is 4.79 Å². The molecular formula is C28H34N2O2. The van der Waals surface area contributed by atoms with Gasteiger partial charge in [0.05, 0.1) is 5.52 Å². The second-order valence-electron chi connectivity index (χ2n) is 11.4. The van der Waals surface area contributed by atoms with Gasteiger partial charge in [0.1, 0.15) is 0 Å². The summed E-state index contributed by atoms with van der Waals surface area (Å²) in [5.41, 5.74) is 1.33. The summed E-state index contributed by atoms with van der Waals surface area (Å²) < 4.78 is 6.14. The minimum atomic E-state index is -0.102. The third-order valence-corrected chi connectivity index (χ3v) is 9.69. The summed E-state index contributed by atoms with van der Waals surface area (Å²) in [5, 5.41) is 4.41. The van der Waals surface area contributed by atoms with E-state index in [0.29, 0.717) is 28.9 Å². The van der Waals surface area contributed by atoms with Gasteiger partial charge in [-0.25, -0.2) is 4.98 Å². The molecule has 32 heavy (non-hydrogen) atoms. The van der Waals surface area contributed by atoms with E-state index in [0.717, 1.165) is 29.2 Å². The lowest BCUT2D eigenvalue weighted by Crippen LogP contribution is -2.62. The van der Waals surface area contributed by atoms with Gasteiger partial charge in [0.25, 0.3) is 5.91 Å². The van der Waals surface area contributed by atoms with Gasteiger partial charge >= 0.3 is 0 Å². The van der Waals surface area contributed by atoms with E-state index in [2.05, 4.69) is 37.1 Å². The van der Waals surface area contributed by atoms with Crippen molar-refractivity contribution in [2.75, 3.05) is 0 Å². The second kappa shape index (κ2) is 7.07. The van der Waals surface area contributed by atoms with Crippen molar-refractivity contribution < 1.29 is 9.53 Å². The SMILES string of the molecule is C[C@H]1C[C@H]2NC(=O)C(Oc3ccc4ccccc4n3)=C[C@]2(C)[C@H]2CC[C@]3(C)CCC[C@H]3[C@H]12. The largest absolute Gasteiger partial charge is 0.434 e. The molecule has 0 radical (unpaired) electrons. The van der Waals surface area contributed by atoms with Gasteiger partial charge in [0.15, 0.2) is 5.76 Å². The van der Waals surface area contributed by atoms with Crippen LogP contribution in [0, 0.1) is 34.5 Å². The summed E-state index contributed by atoms with van der Waals surface area (Å²) in [6.45, 7) is 7.35. The molecule has 3 aliphatic carbocycles. The normalized spacial score (nSPS) is 40.7. The van der Waals surface area contributed by atoms with Crippen molar-refractivity contribution in [2.45, 2.75) is 65.3 Å². The van der Waals surface area contributed by atoms with E-state index in [1.807, 2.05) is 36.4 Å². The number of hydrogen-bond acceptors (Lipinski definition) is 3. The van der Waals surface area contributed by atoms with Crippen LogP contribution in [-0.4, -0.2) is 16.9 Å². The first-order valence-electron chi connectivity index (χ1n) is 12.4. The number of amides is 1. The van der Waals surface area contributed by atoms with Gasteiger partial charge in [-0.05, 0) is 79.4 Å². The molecule has 4 heteroatoms. The van der Waals surface area contributed by atoms with Gasteiger partial charge < -0.3 is 10.1 Å². The number of rotatable bonds is 2. The molecule has 2 aromatic rings. The Balaban J connectivity index is 1.35. The van der Waals surface area contributed by atoms with E-state index < -0.39 is 0 Å². The molecule has 1 aliphatic heterocycles. The lowest BCUT2D eigenvalue weighted by atomic mass is 9.46. The maximum absolute atomic E-state index is 13.0. The van der Waals surface area contributed by atoms with Crippen LogP contribution in [-0.2, 0) is 4.79 Å². The van der Waals surface area contributed by atoms with E-state index in [1.54, 1.807) is 0 Å². The molecule has 1 N–H and O–H groups in total. The lowest BCUT2D eigenvalue weighted by Gasteiger charge is -2.60. The topological polar surface area (TPSA) is 51.2 Å². The Morgan fingerprint density at radius 2 is 1.91 bits per heavy atom. The van der Waals surface area contributed by atoms with Crippen molar-refractivity contribution in [3.05, 3.63) is 48.2 Å². The smallest absolute Gasteiger partial charge is 0.287 e. The van der Waals surface area contributed by atoms with Crippen molar-refractivity contribution >= 4 is 16.8 Å². The zero-order chi connectivity index (χ0) is 22.1. The van der Waals surface area contributed by atoms with Crippen molar-refractivity contribution in [3.63, 3.8) is 0 Å². The molecule has 0 unspecified atom stereocenters. The Labute approximate surface area is 190 Å². The van der Waals surface area contributed by atoms with Crippen molar-refractivity contribution in [3.8, 4) is 5.88 Å². The highest BCUT2D eigenvalue weighted by Crippen LogP contribution is 2.64. The molecule has 0 saturated heterocycles. The predicted molar refractivity (Wildman–Crippen MR) is 126 cm³/mol. The minimum absolute atomic E-state index is 0.0683. The zero-order valence-electron chi connectivity index (χ0n) is 19.4. The van der Waals surface area contributed by atoms with E-state index in [-0.39, 0.29) is 17.4 Å². The van der Waals surface area contributed by atoms with Crippen LogP contribution in [0.3, 0.4) is 0 Å². The van der Waals surface area contributed by atoms with Crippen LogP contribution in [0.5, 0.6) is 5.88 Å². The lowest BCUT2D eigenvalue weighted by molar-refractivity contribution is -0.128. The number of para-hydroxylation sites is 1. The molecule has 2 heterocycles. The average molecular weight is 431 g/mol. The van der Waals surface area contributed by atoms with Crippen LogP contribution in [0.2, 0.25) is 0 Å². The minimum Gasteiger partial charge on any atom is -0.434 e. The molecule has 3 fully saturated rings. The number of nitrogens with zero attached hydrogens (tertiary/aromatic N) is 1. The first-order valence-corrected chi connectivity index (χ1v) is 12.4. The molecule has 1 aromatic carbocycles. The van der Waals surface area contributed by atoms with Gasteiger partial charge in [0, 0.05) is 22.9 Å². The van der Waals surface area contributed by atoms with Gasteiger partial charge in [-0.15, -0.1) is 0 Å². The van der Waals surface area contributed by atoms with Crippen molar-refractivity contribution in [1.82, 2.24) is 10.3 Å². The fourth-order valence-corrected chi connectivity index (χ4v) is 8.04. The number of pyridine rings is 1. The number of aromatic nitrogens is 1. The highest BCUT2D eigenvalue weighted by molar-refractivity contribution is 5.93. The molecule has 3 saturated carbocycles. The molecule has 0 spiro atoms. The van der Waals surface area contributed by atoms with Gasteiger partial charge in [-0.1, -0.05) is 45.4 Å². The highest BCUT2D eigenvalue weighted by Gasteiger charge is 2.60. The summed E-state index contributed by atoms with van der Waals surface area (Å²) >= 11 is 0. The third kappa shape index (κ3) is 2.94. The van der Waals surface area contributed by atoms with Gasteiger partial charge in [-0.2, -0.15) is 0 Å². The number of ether oxygens (including phenoxy) is 1. The van der Waals surface area contributed by atoms with Crippen LogP contribution in [0.15, 0.2) is 48.2 Å².